The second kappa shape index (κ2) is 11.6. The Labute approximate surface area is 239 Å². The van der Waals surface area contributed by atoms with E-state index in [0.717, 1.165) is 18.2 Å². The Morgan fingerprint density at radius 3 is 2.26 bits per heavy atom. The van der Waals surface area contributed by atoms with Crippen molar-refractivity contribution in [1.29, 1.82) is 0 Å². The van der Waals surface area contributed by atoms with Gasteiger partial charge < -0.3 is 14.5 Å². The van der Waals surface area contributed by atoms with E-state index in [-0.39, 0.29) is 61.0 Å². The minimum absolute atomic E-state index is 0.0146. The second-order valence-electron chi connectivity index (χ2n) is 10.8. The quantitative estimate of drug-likeness (QED) is 0.369. The molecule has 2 fully saturated rings. The van der Waals surface area contributed by atoms with Crippen LogP contribution in [0.1, 0.15) is 37.7 Å². The van der Waals surface area contributed by atoms with Crippen LogP contribution >= 0.6 is 0 Å². The predicted octanol–water partition coefficient (Wildman–Crippen LogP) is 5.30. The Morgan fingerprint density at radius 2 is 1.60 bits per heavy atom. The summed E-state index contributed by atoms with van der Waals surface area (Å²) in [6.07, 6.45) is -7.80. The van der Waals surface area contributed by atoms with E-state index in [9.17, 15) is 26.3 Å². The van der Waals surface area contributed by atoms with Crippen molar-refractivity contribution in [3.05, 3.63) is 59.5 Å². The van der Waals surface area contributed by atoms with Crippen molar-refractivity contribution in [2.24, 2.45) is 0 Å². The Hall–Kier alpha value is -3.52. The largest absolute Gasteiger partial charge is 0.419 e. The van der Waals surface area contributed by atoms with Crippen LogP contribution in [0.3, 0.4) is 0 Å². The average Bonchev–Trinajstić information content (AvgIpc) is 2.91. The lowest BCUT2D eigenvalue weighted by molar-refractivity contribution is -0.138. The maximum absolute atomic E-state index is 13.6. The van der Waals surface area contributed by atoms with Gasteiger partial charge >= 0.3 is 12.4 Å². The van der Waals surface area contributed by atoms with Gasteiger partial charge in [0.05, 0.1) is 29.9 Å². The lowest BCUT2D eigenvalue weighted by Gasteiger charge is -2.41. The van der Waals surface area contributed by atoms with Crippen LogP contribution in [-0.2, 0) is 23.6 Å². The molecule has 4 heterocycles. The van der Waals surface area contributed by atoms with Crippen LogP contribution in [0.5, 0.6) is 0 Å². The number of morpholine rings is 1. The number of rotatable bonds is 5. The molecule has 8 nitrogen and oxygen atoms in total. The van der Waals surface area contributed by atoms with Crippen molar-refractivity contribution in [3.63, 3.8) is 0 Å². The molecule has 2 aliphatic rings. The maximum atomic E-state index is 13.6. The molecule has 0 saturated carbocycles. The standard InChI is InChI=1S/C28H31F6N7O/c1-17-13-40(25-22(28(32,33)34)8-5-9-35-25)10-11-41(17)26-37-23(16-39-14-18(2)42-19(3)15-39)36-24(38-26)20-6-4-7-21(12-20)27(29,30)31/h4-9,12,17-19H,10-11,13-16H2,1-3H3/t17?,18-,19+. The van der Waals surface area contributed by atoms with Crippen molar-refractivity contribution in [3.8, 4) is 11.4 Å². The monoisotopic (exact) mass is 595 g/mol. The molecular weight excluding hydrogens is 564 g/mol. The third kappa shape index (κ3) is 6.75. The number of hydrogen-bond acceptors (Lipinski definition) is 8. The van der Waals surface area contributed by atoms with Crippen LogP contribution < -0.4 is 9.80 Å². The Bertz CT molecular complexity index is 1390. The molecule has 2 saturated heterocycles. The van der Waals surface area contributed by atoms with Gasteiger partial charge in [-0.25, -0.2) is 9.97 Å². The summed E-state index contributed by atoms with van der Waals surface area (Å²) in [7, 11) is 0. The molecule has 1 aromatic carbocycles. The number of alkyl halides is 6. The first kappa shape index (κ1) is 30.0. The van der Waals surface area contributed by atoms with Gasteiger partial charge in [-0.3, -0.25) is 4.90 Å². The molecule has 0 amide bonds. The van der Waals surface area contributed by atoms with Crippen LogP contribution in [0.15, 0.2) is 42.6 Å². The molecule has 0 aliphatic carbocycles. The minimum atomic E-state index is -4.55. The first-order valence-corrected chi connectivity index (χ1v) is 13.6. The summed E-state index contributed by atoms with van der Waals surface area (Å²) < 4.78 is 87.2. The van der Waals surface area contributed by atoms with Gasteiger partial charge in [-0.2, -0.15) is 36.3 Å². The van der Waals surface area contributed by atoms with Crippen molar-refractivity contribution in [2.75, 3.05) is 42.5 Å². The van der Waals surface area contributed by atoms with E-state index in [2.05, 4.69) is 24.8 Å². The number of hydrogen-bond donors (Lipinski definition) is 0. The zero-order chi connectivity index (χ0) is 30.2. The molecule has 5 rings (SSSR count). The molecule has 0 bridgehead atoms. The molecule has 0 N–H and O–H groups in total. The highest BCUT2D eigenvalue weighted by Gasteiger charge is 2.38. The number of nitrogens with zero attached hydrogens (tertiary/aromatic N) is 7. The van der Waals surface area contributed by atoms with Crippen LogP contribution in [0.25, 0.3) is 11.4 Å². The summed E-state index contributed by atoms with van der Waals surface area (Å²) in [6, 6.07) is 6.72. The smallest absolute Gasteiger partial charge is 0.373 e. The van der Waals surface area contributed by atoms with E-state index in [1.54, 1.807) is 4.90 Å². The van der Waals surface area contributed by atoms with Crippen LogP contribution in [0, 0.1) is 0 Å². The van der Waals surface area contributed by atoms with E-state index in [4.69, 9.17) is 4.74 Å². The molecule has 3 aromatic rings. The number of halogens is 6. The summed E-state index contributed by atoms with van der Waals surface area (Å²) in [6.45, 7) is 8.03. The van der Waals surface area contributed by atoms with Gasteiger partial charge in [0, 0.05) is 50.5 Å². The van der Waals surface area contributed by atoms with Crippen molar-refractivity contribution in [2.45, 2.75) is 57.9 Å². The van der Waals surface area contributed by atoms with E-state index in [1.807, 2.05) is 25.7 Å². The lowest BCUT2D eigenvalue weighted by Crippen LogP contribution is -2.53. The fourth-order valence-corrected chi connectivity index (χ4v) is 5.50. The highest BCUT2D eigenvalue weighted by Crippen LogP contribution is 2.36. The molecular formula is C28H31F6N7O. The Kier molecular flexibility index (Phi) is 8.30. The average molecular weight is 596 g/mol. The van der Waals surface area contributed by atoms with Crippen molar-refractivity contribution in [1.82, 2.24) is 24.8 Å². The van der Waals surface area contributed by atoms with Gasteiger partial charge in [-0.05, 0) is 45.0 Å². The van der Waals surface area contributed by atoms with Gasteiger partial charge in [-0.15, -0.1) is 0 Å². The zero-order valence-corrected chi connectivity index (χ0v) is 23.3. The Morgan fingerprint density at radius 1 is 0.857 bits per heavy atom. The third-order valence-corrected chi connectivity index (χ3v) is 7.25. The number of anilines is 2. The fraction of sp³-hybridized carbons (Fsp3) is 0.500. The molecule has 226 valence electrons. The molecule has 42 heavy (non-hydrogen) atoms. The molecule has 0 spiro atoms. The van der Waals surface area contributed by atoms with Gasteiger partial charge in [0.15, 0.2) is 5.82 Å². The first-order valence-electron chi connectivity index (χ1n) is 13.6. The number of aromatic nitrogens is 4. The van der Waals surface area contributed by atoms with Crippen LogP contribution in [-0.4, -0.2) is 75.8 Å². The van der Waals surface area contributed by atoms with Crippen molar-refractivity contribution < 1.29 is 31.1 Å². The normalized spacial score (nSPS) is 22.5. The Balaban J connectivity index is 1.47. The highest BCUT2D eigenvalue weighted by molar-refractivity contribution is 5.58. The number of ether oxygens (including phenoxy) is 1. The van der Waals surface area contributed by atoms with Crippen molar-refractivity contribution >= 4 is 11.8 Å². The van der Waals surface area contributed by atoms with E-state index >= 15 is 0 Å². The number of piperazine rings is 1. The van der Waals surface area contributed by atoms with Gasteiger partial charge in [-0.1, -0.05) is 12.1 Å². The van der Waals surface area contributed by atoms with Gasteiger partial charge in [0.2, 0.25) is 5.95 Å². The van der Waals surface area contributed by atoms with E-state index in [0.29, 0.717) is 25.5 Å². The number of benzene rings is 1. The minimum Gasteiger partial charge on any atom is -0.373 e. The van der Waals surface area contributed by atoms with Crippen LogP contribution in [0.4, 0.5) is 38.1 Å². The highest BCUT2D eigenvalue weighted by atomic mass is 19.4. The third-order valence-electron chi connectivity index (χ3n) is 7.25. The fourth-order valence-electron chi connectivity index (χ4n) is 5.50. The molecule has 14 heteroatoms. The summed E-state index contributed by atoms with van der Waals surface area (Å²) in [5, 5.41) is 0. The summed E-state index contributed by atoms with van der Waals surface area (Å²) in [5.74, 6) is 0.584. The second-order valence-corrected chi connectivity index (χ2v) is 10.8. The summed E-state index contributed by atoms with van der Waals surface area (Å²) in [4.78, 5) is 23.4. The molecule has 3 atom stereocenters. The SMILES string of the molecule is CC1CN(c2ncccc2C(F)(F)F)CCN1c1nc(CN2C[C@@H](C)O[C@@H](C)C2)nc(-c2cccc(C(F)(F)F)c2)n1. The van der Waals surface area contributed by atoms with Gasteiger partial charge in [0.1, 0.15) is 11.6 Å². The van der Waals surface area contributed by atoms with Gasteiger partial charge in [0.25, 0.3) is 0 Å². The summed E-state index contributed by atoms with van der Waals surface area (Å²) >= 11 is 0. The maximum Gasteiger partial charge on any atom is 0.419 e. The van der Waals surface area contributed by atoms with E-state index < -0.39 is 23.5 Å². The van der Waals surface area contributed by atoms with Crippen LogP contribution in [0.2, 0.25) is 0 Å². The molecule has 2 aliphatic heterocycles. The zero-order valence-electron chi connectivity index (χ0n) is 23.3. The first-order chi connectivity index (χ1) is 19.8. The summed E-state index contributed by atoms with van der Waals surface area (Å²) in [5.41, 5.74) is -1.45. The predicted molar refractivity (Wildman–Crippen MR) is 144 cm³/mol. The topological polar surface area (TPSA) is 70.5 Å². The molecule has 0 radical (unpaired) electrons. The molecule has 1 unspecified atom stereocenters. The lowest BCUT2D eigenvalue weighted by atomic mass is 10.1. The number of pyridine rings is 1. The molecule has 2 aromatic heterocycles. The van der Waals surface area contributed by atoms with E-state index in [1.165, 1.54) is 24.4 Å².